The molecule has 0 aliphatic heterocycles. The molecule has 2 aromatic carbocycles. The van der Waals surface area contributed by atoms with Crippen LogP contribution < -0.4 is 21.2 Å². The summed E-state index contributed by atoms with van der Waals surface area (Å²) in [6, 6.07) is 10.4. The van der Waals surface area contributed by atoms with Crippen LogP contribution in [0.15, 0.2) is 64.7 Å². The van der Waals surface area contributed by atoms with Gasteiger partial charge in [0.05, 0.1) is 34.6 Å². The van der Waals surface area contributed by atoms with Crippen LogP contribution >= 0.6 is 22.6 Å². The molecule has 4 aromatic rings. The fraction of sp³-hybridized carbons (Fsp3) is 0.160. The van der Waals surface area contributed by atoms with Gasteiger partial charge in [0.2, 0.25) is 15.8 Å². The molecule has 0 amide bonds. The van der Waals surface area contributed by atoms with Gasteiger partial charge < -0.3 is 9.88 Å². The van der Waals surface area contributed by atoms with Crippen molar-refractivity contribution in [3.63, 3.8) is 0 Å². The average Bonchev–Trinajstić information content (AvgIpc) is 2.87. The number of aromatic nitrogens is 3. The third kappa shape index (κ3) is 5.20. The lowest BCUT2D eigenvalue weighted by atomic mass is 10.1. The highest BCUT2D eigenvalue weighted by molar-refractivity contribution is 14.1. The monoisotopic (exact) mass is 653 g/mol. The van der Waals surface area contributed by atoms with Gasteiger partial charge in [-0.3, -0.25) is 14.3 Å². The van der Waals surface area contributed by atoms with Crippen molar-refractivity contribution in [2.45, 2.75) is 13.5 Å². The second-order valence-electron chi connectivity index (χ2n) is 8.24. The van der Waals surface area contributed by atoms with E-state index in [1.165, 1.54) is 44.3 Å². The first-order chi connectivity index (χ1) is 18.0. The van der Waals surface area contributed by atoms with Crippen molar-refractivity contribution in [1.29, 1.82) is 0 Å². The van der Waals surface area contributed by atoms with Crippen molar-refractivity contribution in [2.75, 3.05) is 15.8 Å². The summed E-state index contributed by atoms with van der Waals surface area (Å²) in [4.78, 5) is 26.4. The van der Waals surface area contributed by atoms with E-state index in [2.05, 4.69) is 21.7 Å². The van der Waals surface area contributed by atoms with Gasteiger partial charge in [0, 0.05) is 21.9 Å². The van der Waals surface area contributed by atoms with E-state index in [1.54, 1.807) is 18.2 Å². The summed E-state index contributed by atoms with van der Waals surface area (Å²) < 4.78 is 59.3. The van der Waals surface area contributed by atoms with Crippen molar-refractivity contribution in [3.05, 3.63) is 91.0 Å². The van der Waals surface area contributed by atoms with Crippen molar-refractivity contribution in [2.24, 2.45) is 7.05 Å². The Morgan fingerprint density at radius 3 is 2.53 bits per heavy atom. The molecule has 0 atom stereocenters. The Morgan fingerprint density at radius 2 is 1.87 bits per heavy atom. The van der Waals surface area contributed by atoms with Crippen LogP contribution in [0.2, 0.25) is 0 Å². The van der Waals surface area contributed by atoms with Crippen LogP contribution in [0.25, 0.3) is 22.2 Å². The van der Waals surface area contributed by atoms with Gasteiger partial charge in [-0.2, -0.15) is 9.49 Å². The summed E-state index contributed by atoms with van der Waals surface area (Å²) in [6.07, 6.45) is 1.42. The van der Waals surface area contributed by atoms with Crippen molar-refractivity contribution >= 4 is 60.6 Å². The maximum absolute atomic E-state index is 15.4. The van der Waals surface area contributed by atoms with E-state index in [-0.39, 0.29) is 40.3 Å². The molecule has 0 bridgehead atoms. The molecule has 4 rings (SSSR count). The molecule has 38 heavy (non-hydrogen) atoms. The topological polar surface area (TPSA) is 115 Å². The highest BCUT2D eigenvalue weighted by Gasteiger charge is 2.24. The lowest BCUT2D eigenvalue weighted by Gasteiger charge is -2.18. The number of hydrogen-bond acceptors (Lipinski definition) is 6. The van der Waals surface area contributed by atoms with Crippen LogP contribution in [0, 0.1) is 15.2 Å². The molecule has 13 heteroatoms. The Balaban J connectivity index is 2.08. The lowest BCUT2D eigenvalue weighted by Crippen LogP contribution is -2.30. The zero-order chi connectivity index (χ0) is 27.8. The lowest BCUT2D eigenvalue weighted by molar-refractivity contribution is 0.597. The maximum atomic E-state index is 15.4. The Bertz CT molecular complexity index is 1820. The average molecular weight is 653 g/mol. The number of rotatable bonds is 8. The number of fused-ring (bicyclic) bond motifs is 1. The highest BCUT2D eigenvalue weighted by Crippen LogP contribution is 2.32. The van der Waals surface area contributed by atoms with Gasteiger partial charge >= 0.3 is 0 Å². The fourth-order valence-corrected chi connectivity index (χ4v) is 4.93. The number of pyridine rings is 1. The molecule has 198 valence electrons. The largest absolute Gasteiger partial charge is 0.350 e. The third-order valence-corrected chi connectivity index (χ3v) is 7.69. The molecule has 2 heterocycles. The van der Waals surface area contributed by atoms with E-state index in [0.717, 1.165) is 9.25 Å². The zero-order valence-electron chi connectivity index (χ0n) is 20.3. The Labute approximate surface area is 230 Å². The third-order valence-electron chi connectivity index (χ3n) is 5.71. The number of hydrogen-bond donors (Lipinski definition) is 2. The molecule has 0 saturated heterocycles. The normalized spacial score (nSPS) is 11.5. The summed E-state index contributed by atoms with van der Waals surface area (Å²) in [6.45, 7) is 5.07. The second kappa shape index (κ2) is 10.6. The molecular formula is C25H22F2IN5O4S. The van der Waals surface area contributed by atoms with Gasteiger partial charge in [0.15, 0.2) is 0 Å². The minimum atomic E-state index is -3.60. The number of benzene rings is 2. The Hall–Kier alpha value is -3.59. The predicted molar refractivity (Wildman–Crippen MR) is 152 cm³/mol. The smallest absolute Gasteiger partial charge is 0.289 e. The SMILES string of the molecule is C=CCn1nc(-c2cccc(NS(=O)(=O)CC)c2)c2c(c(Nc3ccc(I)cc3F)c(F)c(=O)n2C)c1=O. The first kappa shape index (κ1) is 27.4. The number of nitrogens with zero attached hydrogens (tertiary/aromatic N) is 3. The standard InChI is InChI=1S/C25H22F2IN5O4S/c1-4-11-33-24(34)19-22(29-18-10-9-15(28)13-17(18)26)20(27)25(35)32(3)23(19)21(30-33)14-7-6-8-16(12-14)31-38(36,37)5-2/h4,6-10,12-13,29,31H,1,5,11H2,2-3H3. The Morgan fingerprint density at radius 1 is 1.13 bits per heavy atom. The molecular weight excluding hydrogens is 631 g/mol. The minimum absolute atomic E-state index is 0.0226. The van der Waals surface area contributed by atoms with Crippen LogP contribution in [0.3, 0.4) is 0 Å². The van der Waals surface area contributed by atoms with E-state index in [9.17, 15) is 22.4 Å². The van der Waals surface area contributed by atoms with E-state index in [4.69, 9.17) is 0 Å². The van der Waals surface area contributed by atoms with Gasteiger partial charge in [0.1, 0.15) is 11.5 Å². The molecule has 2 N–H and O–H groups in total. The van der Waals surface area contributed by atoms with Crippen LogP contribution in [0.1, 0.15) is 6.92 Å². The number of allylic oxidation sites excluding steroid dienone is 1. The van der Waals surface area contributed by atoms with E-state index in [1.807, 2.05) is 22.6 Å². The molecule has 0 fully saturated rings. The summed E-state index contributed by atoms with van der Waals surface area (Å²) in [7, 11) is -2.31. The quantitative estimate of drug-likeness (QED) is 0.216. The summed E-state index contributed by atoms with van der Waals surface area (Å²) in [5.74, 6) is -2.14. The van der Waals surface area contributed by atoms with Crippen molar-refractivity contribution in [3.8, 4) is 11.3 Å². The van der Waals surface area contributed by atoms with Gasteiger partial charge in [-0.05, 0) is 59.8 Å². The minimum Gasteiger partial charge on any atom is -0.350 e. The van der Waals surface area contributed by atoms with Gasteiger partial charge in [-0.25, -0.2) is 17.5 Å². The summed E-state index contributed by atoms with van der Waals surface area (Å²) in [5, 5.41) is 6.75. The number of anilines is 3. The number of halogens is 3. The Kier molecular flexibility index (Phi) is 7.69. The molecule has 0 saturated carbocycles. The molecule has 0 unspecified atom stereocenters. The molecule has 0 spiro atoms. The summed E-state index contributed by atoms with van der Waals surface area (Å²) in [5.41, 5.74) is -1.80. The van der Waals surface area contributed by atoms with Crippen LogP contribution in [0.4, 0.5) is 25.8 Å². The van der Waals surface area contributed by atoms with Gasteiger partial charge in [-0.15, -0.1) is 6.58 Å². The van der Waals surface area contributed by atoms with Crippen molar-refractivity contribution in [1.82, 2.24) is 14.3 Å². The fourth-order valence-electron chi connectivity index (χ4n) is 3.84. The van der Waals surface area contributed by atoms with Crippen LogP contribution in [0.5, 0.6) is 0 Å². The first-order valence-electron chi connectivity index (χ1n) is 11.2. The van der Waals surface area contributed by atoms with Crippen LogP contribution in [-0.2, 0) is 23.6 Å². The van der Waals surface area contributed by atoms with Gasteiger partial charge in [-0.1, -0.05) is 18.2 Å². The zero-order valence-corrected chi connectivity index (χ0v) is 23.2. The van der Waals surface area contributed by atoms with E-state index < -0.39 is 38.5 Å². The molecule has 0 aliphatic carbocycles. The number of nitrogens with one attached hydrogen (secondary N) is 2. The summed E-state index contributed by atoms with van der Waals surface area (Å²) >= 11 is 1.92. The number of sulfonamides is 1. The van der Waals surface area contributed by atoms with E-state index in [0.29, 0.717) is 9.13 Å². The molecule has 0 aliphatic rings. The highest BCUT2D eigenvalue weighted by atomic mass is 127. The first-order valence-corrected chi connectivity index (χ1v) is 14.0. The molecule has 0 radical (unpaired) electrons. The molecule has 9 nitrogen and oxygen atoms in total. The maximum Gasteiger partial charge on any atom is 0.289 e. The second-order valence-corrected chi connectivity index (χ2v) is 11.5. The number of aryl methyl sites for hydroxylation is 1. The van der Waals surface area contributed by atoms with Gasteiger partial charge in [0.25, 0.3) is 11.1 Å². The predicted octanol–water partition coefficient (Wildman–Crippen LogP) is 4.34. The van der Waals surface area contributed by atoms with E-state index >= 15 is 4.39 Å². The van der Waals surface area contributed by atoms with Crippen LogP contribution in [-0.4, -0.2) is 28.5 Å². The molecule has 2 aromatic heterocycles. The van der Waals surface area contributed by atoms with Crippen molar-refractivity contribution < 1.29 is 17.2 Å².